The van der Waals surface area contributed by atoms with Gasteiger partial charge in [-0.3, -0.25) is 14.5 Å². The largest absolute Gasteiger partial charge is 0.486 e. The Balaban J connectivity index is 1.20. The third-order valence-corrected chi connectivity index (χ3v) is 8.88. The quantitative estimate of drug-likeness (QED) is 0.608. The summed E-state index contributed by atoms with van der Waals surface area (Å²) in [6.45, 7) is 1.03. The van der Waals surface area contributed by atoms with E-state index in [0.717, 1.165) is 24.2 Å². The van der Waals surface area contributed by atoms with Crippen LogP contribution in [0.15, 0.2) is 23.1 Å². The van der Waals surface area contributed by atoms with E-state index in [2.05, 4.69) is 5.32 Å². The number of hydrogen-bond acceptors (Lipinski definition) is 7. The Morgan fingerprint density at radius 2 is 1.65 bits per heavy atom. The van der Waals surface area contributed by atoms with Crippen LogP contribution >= 0.6 is 0 Å². The van der Waals surface area contributed by atoms with Crippen LogP contribution in [0.3, 0.4) is 0 Å². The molecule has 184 valence electrons. The van der Waals surface area contributed by atoms with Gasteiger partial charge in [0, 0.05) is 32.2 Å². The zero-order chi connectivity index (χ0) is 23.9. The molecule has 5 rings (SSSR count). The number of imide groups is 1. The van der Waals surface area contributed by atoms with Gasteiger partial charge in [-0.1, -0.05) is 19.3 Å². The molecular weight excluding hydrogens is 464 g/mol. The van der Waals surface area contributed by atoms with Crippen LogP contribution in [0.25, 0.3) is 0 Å². The lowest BCUT2D eigenvalue weighted by Crippen LogP contribution is -2.53. The summed E-state index contributed by atoms with van der Waals surface area (Å²) < 4.78 is 38.5. The normalized spacial score (nSPS) is 22.7. The molecule has 0 unspecified atom stereocenters. The Bertz CT molecular complexity index is 1110. The van der Waals surface area contributed by atoms with Crippen LogP contribution in [-0.2, 0) is 19.6 Å². The molecule has 11 nitrogen and oxygen atoms in total. The van der Waals surface area contributed by atoms with Gasteiger partial charge in [0.15, 0.2) is 11.5 Å². The molecule has 12 heteroatoms. The fourth-order valence-electron chi connectivity index (χ4n) is 5.06. The van der Waals surface area contributed by atoms with E-state index in [1.54, 1.807) is 6.07 Å². The number of rotatable bonds is 4. The fourth-order valence-corrected chi connectivity index (χ4v) is 6.50. The van der Waals surface area contributed by atoms with Gasteiger partial charge in [0.1, 0.15) is 25.3 Å². The summed E-state index contributed by atoms with van der Waals surface area (Å²) in [5.74, 6) is 0.208. The lowest BCUT2D eigenvalue weighted by atomic mass is 9.82. The average molecular weight is 493 g/mol. The van der Waals surface area contributed by atoms with Gasteiger partial charge in [0.05, 0.1) is 4.90 Å². The lowest BCUT2D eigenvalue weighted by molar-refractivity contribution is -0.140. The Morgan fingerprint density at radius 3 is 2.35 bits per heavy atom. The number of sulfonamides is 1. The minimum absolute atomic E-state index is 0.105. The third-order valence-electron chi connectivity index (χ3n) is 6.99. The first kappa shape index (κ1) is 22.9. The van der Waals surface area contributed by atoms with Gasteiger partial charge < -0.3 is 19.7 Å². The second-order valence-corrected chi connectivity index (χ2v) is 11.0. The van der Waals surface area contributed by atoms with Crippen LogP contribution in [0.5, 0.6) is 11.5 Å². The van der Waals surface area contributed by atoms with E-state index < -0.39 is 21.6 Å². The van der Waals surface area contributed by atoms with E-state index in [0.29, 0.717) is 37.6 Å². The Kier molecular flexibility index (Phi) is 5.88. The van der Waals surface area contributed by atoms with Crippen LogP contribution in [0, 0.1) is 0 Å². The number of hydrogen-bond donors (Lipinski definition) is 1. The van der Waals surface area contributed by atoms with Crippen LogP contribution < -0.4 is 14.8 Å². The zero-order valence-electron chi connectivity index (χ0n) is 18.8. The molecule has 4 amide bonds. The van der Waals surface area contributed by atoms with E-state index >= 15 is 0 Å². The maximum absolute atomic E-state index is 13.1. The molecule has 4 aliphatic rings. The van der Waals surface area contributed by atoms with Gasteiger partial charge in [-0.2, -0.15) is 4.31 Å². The zero-order valence-corrected chi connectivity index (χ0v) is 19.6. The number of carbonyl (C=O) groups is 3. The van der Waals surface area contributed by atoms with E-state index in [9.17, 15) is 22.8 Å². The highest BCUT2D eigenvalue weighted by Gasteiger charge is 2.51. The SMILES string of the molecule is O=C(CN1C(=O)NC2(CCCCC2)C1=O)N1CCN(S(=O)(=O)c2ccc3c(c2)OCCO3)CC1. The van der Waals surface area contributed by atoms with Gasteiger partial charge in [0.25, 0.3) is 5.91 Å². The number of amides is 4. The van der Waals surface area contributed by atoms with Gasteiger partial charge in [0.2, 0.25) is 15.9 Å². The predicted molar refractivity (Wildman–Crippen MR) is 119 cm³/mol. The summed E-state index contributed by atoms with van der Waals surface area (Å²) in [6, 6.07) is 4.00. The highest BCUT2D eigenvalue weighted by molar-refractivity contribution is 7.89. The summed E-state index contributed by atoms with van der Waals surface area (Å²) in [7, 11) is -3.77. The Labute approximate surface area is 198 Å². The second kappa shape index (κ2) is 8.73. The van der Waals surface area contributed by atoms with Crippen molar-refractivity contribution in [1.82, 2.24) is 19.4 Å². The van der Waals surface area contributed by atoms with Gasteiger partial charge in [-0.25, -0.2) is 13.2 Å². The number of nitrogens with one attached hydrogen (secondary N) is 1. The van der Waals surface area contributed by atoms with Gasteiger partial charge in [-0.05, 0) is 25.0 Å². The summed E-state index contributed by atoms with van der Waals surface area (Å²) in [5, 5.41) is 2.80. The molecule has 1 aromatic rings. The second-order valence-electron chi connectivity index (χ2n) is 9.05. The first-order valence-electron chi connectivity index (χ1n) is 11.6. The van der Waals surface area contributed by atoms with Gasteiger partial charge in [-0.15, -0.1) is 0 Å². The summed E-state index contributed by atoms with van der Waals surface area (Å²) in [6.07, 6.45) is 3.96. The Hall–Kier alpha value is -2.86. The molecule has 34 heavy (non-hydrogen) atoms. The summed E-state index contributed by atoms with van der Waals surface area (Å²) in [5.41, 5.74) is -0.869. The van der Waals surface area contributed by atoms with Crippen molar-refractivity contribution in [2.45, 2.75) is 42.5 Å². The monoisotopic (exact) mass is 492 g/mol. The first-order valence-corrected chi connectivity index (χ1v) is 13.1. The molecule has 0 radical (unpaired) electrons. The molecule has 1 saturated carbocycles. The van der Waals surface area contributed by atoms with Crippen LogP contribution in [-0.4, -0.2) is 91.8 Å². The van der Waals surface area contributed by atoms with Crippen LogP contribution in [0.2, 0.25) is 0 Å². The highest BCUT2D eigenvalue weighted by Crippen LogP contribution is 2.34. The number of urea groups is 1. The van der Waals surface area contributed by atoms with Crippen molar-refractivity contribution >= 4 is 27.9 Å². The highest BCUT2D eigenvalue weighted by atomic mass is 32.2. The topological polar surface area (TPSA) is 126 Å². The van der Waals surface area contributed by atoms with Crippen molar-refractivity contribution in [3.05, 3.63) is 18.2 Å². The molecule has 1 N–H and O–H groups in total. The number of ether oxygens (including phenoxy) is 2. The van der Waals surface area contributed by atoms with Crippen molar-refractivity contribution in [3.8, 4) is 11.5 Å². The first-order chi connectivity index (χ1) is 16.3. The number of fused-ring (bicyclic) bond motifs is 1. The summed E-state index contributed by atoms with van der Waals surface area (Å²) in [4.78, 5) is 40.8. The maximum atomic E-state index is 13.1. The average Bonchev–Trinajstić information content (AvgIpc) is 3.07. The van der Waals surface area contributed by atoms with E-state index in [1.165, 1.54) is 21.3 Å². The van der Waals surface area contributed by atoms with Crippen molar-refractivity contribution < 1.29 is 32.3 Å². The standard InChI is InChI=1S/C22H28N4O7S/c27-19(15-26-20(28)22(23-21(26)29)6-2-1-3-7-22)24-8-10-25(11-9-24)34(30,31)16-4-5-17-18(14-16)33-13-12-32-17/h4-5,14H,1-3,6-13,15H2,(H,23,29). The lowest BCUT2D eigenvalue weighted by Gasteiger charge is -2.35. The molecule has 3 aliphatic heterocycles. The summed E-state index contributed by atoms with van der Waals surface area (Å²) >= 11 is 0. The van der Waals surface area contributed by atoms with Crippen molar-refractivity contribution in [1.29, 1.82) is 0 Å². The molecule has 0 aromatic heterocycles. The predicted octanol–water partition coefficient (Wildman–Crippen LogP) is 0.545. The van der Waals surface area contributed by atoms with Gasteiger partial charge >= 0.3 is 6.03 Å². The minimum atomic E-state index is -3.77. The fraction of sp³-hybridized carbons (Fsp3) is 0.591. The smallest absolute Gasteiger partial charge is 0.325 e. The number of nitrogens with zero attached hydrogens (tertiary/aromatic N) is 3. The molecule has 2 saturated heterocycles. The molecule has 1 aromatic carbocycles. The maximum Gasteiger partial charge on any atom is 0.325 e. The molecular formula is C22H28N4O7S. The molecule has 1 aliphatic carbocycles. The molecule has 1 spiro atoms. The number of carbonyl (C=O) groups excluding carboxylic acids is 3. The van der Waals surface area contributed by atoms with E-state index in [4.69, 9.17) is 9.47 Å². The van der Waals surface area contributed by atoms with Crippen LogP contribution in [0.1, 0.15) is 32.1 Å². The molecule has 3 fully saturated rings. The molecule has 0 bridgehead atoms. The van der Waals surface area contributed by atoms with Crippen molar-refractivity contribution in [2.75, 3.05) is 45.9 Å². The number of benzene rings is 1. The van der Waals surface area contributed by atoms with Crippen LogP contribution in [0.4, 0.5) is 4.79 Å². The molecule has 3 heterocycles. The Morgan fingerprint density at radius 1 is 0.971 bits per heavy atom. The van der Waals surface area contributed by atoms with E-state index in [1.807, 2.05) is 0 Å². The van der Waals surface area contributed by atoms with Crippen molar-refractivity contribution in [3.63, 3.8) is 0 Å². The van der Waals surface area contributed by atoms with Crippen molar-refractivity contribution in [2.24, 2.45) is 0 Å². The minimum Gasteiger partial charge on any atom is -0.486 e. The van der Waals surface area contributed by atoms with E-state index in [-0.39, 0.29) is 49.4 Å². The third kappa shape index (κ3) is 3.98. The number of piperazine rings is 1. The molecule has 0 atom stereocenters.